The number of carbonyl (C=O) groups is 1. The second-order valence-electron chi connectivity index (χ2n) is 4.47. The van der Waals surface area contributed by atoms with E-state index in [9.17, 15) is 19.3 Å². The van der Waals surface area contributed by atoms with Gasteiger partial charge in [-0.1, -0.05) is 0 Å². The number of halogens is 1. The van der Waals surface area contributed by atoms with Gasteiger partial charge >= 0.3 is 11.7 Å². The normalized spacial score (nSPS) is 11.8. The lowest BCUT2D eigenvalue weighted by molar-refractivity contribution is -0.385. The number of nitro groups is 1. The Kier molecular flexibility index (Phi) is 5.45. The highest BCUT2D eigenvalue weighted by molar-refractivity contribution is 5.69. The highest BCUT2D eigenvalue weighted by atomic mass is 19.1. The van der Waals surface area contributed by atoms with Crippen LogP contribution in [0.4, 0.5) is 15.8 Å². The Morgan fingerprint density at radius 3 is 2.62 bits per heavy atom. The zero-order valence-corrected chi connectivity index (χ0v) is 12.0. The number of anilines is 1. The molecule has 0 fully saturated rings. The number of carboxylic acids is 1. The van der Waals surface area contributed by atoms with E-state index in [-0.39, 0.29) is 17.9 Å². The quantitative estimate of drug-likeness (QED) is 0.614. The molecule has 0 radical (unpaired) electrons. The molecule has 1 rings (SSSR count). The number of nitrogens with zero attached hydrogens (tertiary/aromatic N) is 2. The molecule has 0 aromatic heterocycles. The second kappa shape index (κ2) is 6.87. The van der Waals surface area contributed by atoms with E-state index in [0.29, 0.717) is 6.54 Å². The first kappa shape index (κ1) is 16.7. The maximum Gasteiger partial charge on any atom is 0.313 e. The first-order valence-corrected chi connectivity index (χ1v) is 6.32. The molecule has 0 heterocycles. The van der Waals surface area contributed by atoms with Crippen LogP contribution in [0.5, 0.6) is 5.75 Å². The Labute approximate surface area is 121 Å². The van der Waals surface area contributed by atoms with Gasteiger partial charge in [-0.05, 0) is 13.8 Å². The number of hydrogen-bond acceptors (Lipinski definition) is 5. The third kappa shape index (κ3) is 3.80. The zero-order valence-electron chi connectivity index (χ0n) is 12.0. The van der Waals surface area contributed by atoms with Crippen LogP contribution in [0, 0.1) is 15.9 Å². The van der Waals surface area contributed by atoms with Crippen LogP contribution in [-0.2, 0) is 4.79 Å². The lowest BCUT2D eigenvalue weighted by Crippen LogP contribution is -2.35. The van der Waals surface area contributed by atoms with E-state index >= 15 is 0 Å². The van der Waals surface area contributed by atoms with Gasteiger partial charge in [0.05, 0.1) is 30.2 Å². The predicted molar refractivity (Wildman–Crippen MR) is 74.3 cm³/mol. The van der Waals surface area contributed by atoms with Crippen LogP contribution in [-0.4, -0.2) is 35.7 Å². The summed E-state index contributed by atoms with van der Waals surface area (Å²) in [6, 6.07) is 1.53. The monoisotopic (exact) mass is 300 g/mol. The maximum absolute atomic E-state index is 14.1. The van der Waals surface area contributed by atoms with Crippen LogP contribution in [0.25, 0.3) is 0 Å². The first-order valence-electron chi connectivity index (χ1n) is 6.32. The molecular weight excluding hydrogens is 283 g/mol. The van der Waals surface area contributed by atoms with Crippen molar-refractivity contribution >= 4 is 17.3 Å². The van der Waals surface area contributed by atoms with Crippen molar-refractivity contribution in [3.8, 4) is 5.75 Å². The Hall–Kier alpha value is -2.38. The molecule has 0 aliphatic carbocycles. The maximum atomic E-state index is 14.1. The van der Waals surface area contributed by atoms with Gasteiger partial charge in [-0.15, -0.1) is 0 Å². The van der Waals surface area contributed by atoms with E-state index in [1.807, 2.05) is 0 Å². The number of hydrogen-bond donors (Lipinski definition) is 1. The molecule has 7 nitrogen and oxygen atoms in total. The van der Waals surface area contributed by atoms with Crippen molar-refractivity contribution in [2.45, 2.75) is 26.3 Å². The molecular formula is C13H17FN2O5. The molecule has 21 heavy (non-hydrogen) atoms. The van der Waals surface area contributed by atoms with E-state index in [1.54, 1.807) is 13.8 Å². The summed E-state index contributed by atoms with van der Waals surface area (Å²) in [7, 11) is 1.25. The van der Waals surface area contributed by atoms with Crippen LogP contribution in [0.2, 0.25) is 0 Å². The fourth-order valence-electron chi connectivity index (χ4n) is 2.14. The molecule has 0 saturated carbocycles. The van der Waals surface area contributed by atoms with Crippen LogP contribution in [0.1, 0.15) is 20.3 Å². The first-order chi connectivity index (χ1) is 9.81. The highest BCUT2D eigenvalue weighted by Gasteiger charge is 2.24. The Morgan fingerprint density at radius 1 is 1.57 bits per heavy atom. The van der Waals surface area contributed by atoms with E-state index in [2.05, 4.69) is 0 Å². The average Bonchev–Trinajstić information content (AvgIpc) is 2.39. The predicted octanol–water partition coefficient (Wildman–Crippen LogP) is 2.43. The summed E-state index contributed by atoms with van der Waals surface area (Å²) in [6.07, 6.45) is -0.174. The van der Waals surface area contributed by atoms with E-state index in [1.165, 1.54) is 18.1 Å². The number of carboxylic acid groups (broad SMARTS) is 1. The Morgan fingerprint density at radius 2 is 2.19 bits per heavy atom. The molecule has 0 aliphatic rings. The van der Waals surface area contributed by atoms with E-state index in [4.69, 9.17) is 9.84 Å². The number of methoxy groups -OCH3 is 1. The molecule has 1 unspecified atom stereocenters. The minimum atomic E-state index is -1.00. The van der Waals surface area contributed by atoms with Crippen molar-refractivity contribution in [1.29, 1.82) is 0 Å². The van der Waals surface area contributed by atoms with Crippen LogP contribution in [0.15, 0.2) is 12.1 Å². The highest BCUT2D eigenvalue weighted by Crippen LogP contribution is 2.35. The fourth-order valence-corrected chi connectivity index (χ4v) is 2.14. The van der Waals surface area contributed by atoms with Crippen LogP contribution in [0.3, 0.4) is 0 Å². The van der Waals surface area contributed by atoms with Gasteiger partial charge in [0, 0.05) is 18.7 Å². The number of ether oxygens (including phenoxy) is 1. The molecule has 116 valence electrons. The van der Waals surface area contributed by atoms with Crippen LogP contribution < -0.4 is 9.64 Å². The van der Waals surface area contributed by atoms with Crippen molar-refractivity contribution in [3.05, 3.63) is 28.1 Å². The van der Waals surface area contributed by atoms with Crippen molar-refractivity contribution in [2.75, 3.05) is 18.6 Å². The number of aliphatic carboxylic acids is 1. The van der Waals surface area contributed by atoms with Crippen molar-refractivity contribution in [2.24, 2.45) is 0 Å². The van der Waals surface area contributed by atoms with Gasteiger partial charge in [-0.3, -0.25) is 14.9 Å². The lowest BCUT2D eigenvalue weighted by atomic mass is 10.1. The summed E-state index contributed by atoms with van der Waals surface area (Å²) >= 11 is 0. The van der Waals surface area contributed by atoms with Gasteiger partial charge < -0.3 is 14.7 Å². The summed E-state index contributed by atoms with van der Waals surface area (Å²) in [5.41, 5.74) is -0.394. The number of benzene rings is 1. The summed E-state index contributed by atoms with van der Waals surface area (Å²) in [5.74, 6) is -1.87. The second-order valence-corrected chi connectivity index (χ2v) is 4.47. The summed E-state index contributed by atoms with van der Waals surface area (Å²) in [4.78, 5) is 22.4. The van der Waals surface area contributed by atoms with Crippen molar-refractivity contribution < 1.29 is 24.0 Å². The topological polar surface area (TPSA) is 92.9 Å². The van der Waals surface area contributed by atoms with Gasteiger partial charge in [-0.25, -0.2) is 4.39 Å². The van der Waals surface area contributed by atoms with Crippen LogP contribution >= 0.6 is 0 Å². The molecule has 0 aliphatic heterocycles. The molecule has 8 heteroatoms. The van der Waals surface area contributed by atoms with Gasteiger partial charge in [0.25, 0.3) is 0 Å². The summed E-state index contributed by atoms with van der Waals surface area (Å²) < 4.78 is 19.0. The van der Waals surface area contributed by atoms with Gasteiger partial charge in [0.1, 0.15) is 0 Å². The zero-order chi connectivity index (χ0) is 16.2. The third-order valence-electron chi connectivity index (χ3n) is 3.10. The van der Waals surface area contributed by atoms with E-state index in [0.717, 1.165) is 6.07 Å². The van der Waals surface area contributed by atoms with Crippen molar-refractivity contribution in [3.63, 3.8) is 0 Å². The molecule has 1 N–H and O–H groups in total. The lowest BCUT2D eigenvalue weighted by Gasteiger charge is -2.29. The Bertz CT molecular complexity index is 550. The smallest absolute Gasteiger partial charge is 0.313 e. The minimum absolute atomic E-state index is 0.0719. The minimum Gasteiger partial charge on any atom is -0.490 e. The molecule has 0 bridgehead atoms. The standard InChI is InChI=1S/C13H17FN2O5/c1-4-15(8(2)5-13(17)18)10-7-12(21-3)11(16(19)20)6-9(10)14/h6-8H,4-5H2,1-3H3,(H,17,18). The molecule has 0 saturated heterocycles. The van der Waals surface area contributed by atoms with E-state index < -0.39 is 28.4 Å². The largest absolute Gasteiger partial charge is 0.490 e. The van der Waals surface area contributed by atoms with Crippen molar-refractivity contribution in [1.82, 2.24) is 0 Å². The van der Waals surface area contributed by atoms with Gasteiger partial charge in [0.15, 0.2) is 11.6 Å². The molecule has 0 spiro atoms. The molecule has 1 aromatic rings. The number of rotatable bonds is 7. The molecule has 1 atom stereocenters. The number of nitro benzene ring substituents is 1. The third-order valence-corrected chi connectivity index (χ3v) is 3.10. The Balaban J connectivity index is 3.27. The molecule has 1 aromatic carbocycles. The summed E-state index contributed by atoms with van der Waals surface area (Å²) in [5, 5.41) is 19.7. The summed E-state index contributed by atoms with van der Waals surface area (Å²) in [6.45, 7) is 3.74. The molecule has 0 amide bonds. The van der Waals surface area contributed by atoms with Gasteiger partial charge in [-0.2, -0.15) is 0 Å². The van der Waals surface area contributed by atoms with Gasteiger partial charge in [0.2, 0.25) is 0 Å². The average molecular weight is 300 g/mol. The SMILES string of the molecule is CCN(c1cc(OC)c([N+](=O)[O-])cc1F)C(C)CC(=O)O. The fraction of sp³-hybridized carbons (Fsp3) is 0.462.